The maximum atomic E-state index is 12.6. The lowest BCUT2D eigenvalue weighted by Gasteiger charge is -2.28. The largest absolute Gasteiger partial charge is 0.444 e. The first kappa shape index (κ1) is 23.5. The third-order valence-electron chi connectivity index (χ3n) is 4.27. The average molecular weight is 446 g/mol. The number of amides is 1. The smallest absolute Gasteiger partial charge is 0.410 e. The molecule has 0 bridgehead atoms. The lowest BCUT2D eigenvalue weighted by molar-refractivity contribution is 0.0218. The Kier molecular flexibility index (Phi) is 9.36. The highest BCUT2D eigenvalue weighted by Gasteiger charge is 2.31. The number of carbonyl (C=O) groups excluding carboxylic acids is 1. The Morgan fingerprint density at radius 1 is 1.30 bits per heavy atom. The minimum atomic E-state index is -0.397. The number of ether oxygens (including phenoxy) is 1. The molecule has 2 rings (SSSR count). The fraction of sp³-hybridized carbons (Fsp3) is 0.650. The molecule has 1 amide bonds. The van der Waals surface area contributed by atoms with Gasteiger partial charge in [-0.3, -0.25) is 0 Å². The molecule has 0 radical (unpaired) electrons. The van der Waals surface area contributed by atoms with Crippen LogP contribution >= 0.6 is 15.9 Å². The Hall–Kier alpha value is -1.50. The van der Waals surface area contributed by atoms with E-state index in [-0.39, 0.29) is 17.4 Å². The molecule has 1 aliphatic rings. The van der Waals surface area contributed by atoms with Gasteiger partial charge in [-0.05, 0) is 62.0 Å². The molecule has 0 aromatic heterocycles. The zero-order valence-corrected chi connectivity index (χ0v) is 18.4. The highest BCUT2D eigenvalue weighted by atomic mass is 79.9. The van der Waals surface area contributed by atoms with Crippen LogP contribution in [0.3, 0.4) is 0 Å². The molecule has 5 nitrogen and oxygen atoms in total. The van der Waals surface area contributed by atoms with Crippen molar-refractivity contribution in [3.8, 4) is 0 Å². The van der Waals surface area contributed by atoms with Crippen LogP contribution in [-0.2, 0) is 4.74 Å². The van der Waals surface area contributed by atoms with Crippen molar-refractivity contribution >= 4 is 33.4 Å². The van der Waals surface area contributed by atoms with Crippen molar-refractivity contribution < 1.29 is 13.9 Å². The molecule has 0 aliphatic carbocycles. The number of hydrogen-bond acceptors (Lipinski definition) is 4. The lowest BCUT2D eigenvalue weighted by atomic mass is 10.1. The Labute approximate surface area is 170 Å². The van der Waals surface area contributed by atoms with Gasteiger partial charge in [0.15, 0.2) is 0 Å². The van der Waals surface area contributed by atoms with E-state index in [0.717, 1.165) is 25.8 Å². The van der Waals surface area contributed by atoms with Crippen molar-refractivity contribution in [2.24, 2.45) is 0 Å². The van der Waals surface area contributed by atoms with E-state index in [0.29, 0.717) is 16.2 Å². The fourth-order valence-corrected chi connectivity index (χ4v) is 3.27. The predicted molar refractivity (Wildman–Crippen MR) is 113 cm³/mol. The second-order valence-corrected chi connectivity index (χ2v) is 8.72. The first-order chi connectivity index (χ1) is 12.5. The number of likely N-dealkylation sites (tertiary alicyclic amines) is 1. The highest BCUT2D eigenvalue weighted by Crippen LogP contribution is 2.25. The highest BCUT2D eigenvalue weighted by molar-refractivity contribution is 9.10. The summed E-state index contributed by atoms with van der Waals surface area (Å²) < 4.78 is 18.4. The topological polar surface area (TPSA) is 81.6 Å². The third-order valence-corrected chi connectivity index (χ3v) is 4.88. The summed E-state index contributed by atoms with van der Waals surface area (Å²) in [5.74, 6) is -0.397. The van der Waals surface area contributed by atoms with Gasteiger partial charge in [-0.15, -0.1) is 0 Å². The van der Waals surface area contributed by atoms with Crippen molar-refractivity contribution in [2.75, 3.05) is 18.0 Å². The maximum absolute atomic E-state index is 12.6. The molecule has 1 fully saturated rings. The van der Waals surface area contributed by atoms with Crippen LogP contribution in [0, 0.1) is 5.82 Å². The molecule has 154 valence electrons. The maximum Gasteiger partial charge on any atom is 0.410 e. The molecule has 1 atom stereocenters. The number of rotatable bonds is 4. The van der Waals surface area contributed by atoms with Crippen LogP contribution in [0.1, 0.15) is 66.2 Å². The van der Waals surface area contributed by atoms with Crippen LogP contribution in [0.15, 0.2) is 16.6 Å². The summed E-state index contributed by atoms with van der Waals surface area (Å²) in [4.78, 5) is 13.9. The number of nitrogens with two attached hydrogens (primary N) is 2. The molecule has 1 aromatic carbocycles. The lowest BCUT2D eigenvalue weighted by Crippen LogP contribution is -2.39. The molecule has 0 spiro atoms. The van der Waals surface area contributed by atoms with Crippen LogP contribution < -0.4 is 11.5 Å². The van der Waals surface area contributed by atoms with Crippen molar-refractivity contribution in [3.63, 3.8) is 0 Å². The quantitative estimate of drug-likeness (QED) is 0.458. The number of carbonyl (C=O) groups is 1. The molecule has 4 N–H and O–H groups in total. The van der Waals surface area contributed by atoms with Gasteiger partial charge in [0.2, 0.25) is 0 Å². The molecule has 1 aromatic rings. The van der Waals surface area contributed by atoms with E-state index in [9.17, 15) is 9.18 Å². The standard InChI is InChI=1S/C14H27NO2.C6H6BrFN2/c1-5-6-7-9-12-10-8-11-15(12)13(16)17-14(2,3)4;7-3-1-5(9)6(10)2-4(3)8/h12H,5-11H2,1-4H3;1-2H,9-10H2/t12-;/m0./s1. The van der Waals surface area contributed by atoms with E-state index in [1.165, 1.54) is 31.4 Å². The average Bonchev–Trinajstić information content (AvgIpc) is 3.01. The van der Waals surface area contributed by atoms with Gasteiger partial charge in [0.1, 0.15) is 11.4 Å². The first-order valence-electron chi connectivity index (χ1n) is 9.54. The summed E-state index contributed by atoms with van der Waals surface area (Å²) in [5.41, 5.74) is 10.9. The first-order valence-corrected chi connectivity index (χ1v) is 10.3. The van der Waals surface area contributed by atoms with Gasteiger partial charge in [0.25, 0.3) is 0 Å². The van der Waals surface area contributed by atoms with Crippen LogP contribution in [0.2, 0.25) is 0 Å². The fourth-order valence-electron chi connectivity index (χ4n) is 2.90. The van der Waals surface area contributed by atoms with E-state index >= 15 is 0 Å². The number of halogens is 2. The third kappa shape index (κ3) is 8.37. The van der Waals surface area contributed by atoms with Crippen LogP contribution in [0.4, 0.5) is 20.6 Å². The van der Waals surface area contributed by atoms with Gasteiger partial charge < -0.3 is 21.1 Å². The van der Waals surface area contributed by atoms with Crippen LogP contribution in [-0.4, -0.2) is 29.2 Å². The van der Waals surface area contributed by atoms with Gasteiger partial charge >= 0.3 is 6.09 Å². The van der Waals surface area contributed by atoms with E-state index in [1.807, 2.05) is 25.7 Å². The molecule has 1 heterocycles. The zero-order chi connectivity index (χ0) is 20.6. The van der Waals surface area contributed by atoms with Crippen molar-refractivity contribution in [2.45, 2.75) is 77.9 Å². The second-order valence-electron chi connectivity index (χ2n) is 7.86. The van der Waals surface area contributed by atoms with E-state index in [2.05, 4.69) is 22.9 Å². The molecule has 0 saturated carbocycles. The van der Waals surface area contributed by atoms with Gasteiger partial charge in [0.05, 0.1) is 15.8 Å². The Morgan fingerprint density at radius 3 is 2.48 bits per heavy atom. The van der Waals surface area contributed by atoms with Crippen molar-refractivity contribution in [1.29, 1.82) is 0 Å². The second kappa shape index (κ2) is 10.7. The molecule has 1 saturated heterocycles. The zero-order valence-electron chi connectivity index (χ0n) is 16.9. The van der Waals surface area contributed by atoms with E-state index in [4.69, 9.17) is 16.2 Å². The van der Waals surface area contributed by atoms with Crippen molar-refractivity contribution in [1.82, 2.24) is 4.90 Å². The molecule has 27 heavy (non-hydrogen) atoms. The Morgan fingerprint density at radius 2 is 1.93 bits per heavy atom. The number of anilines is 2. The molecule has 0 unspecified atom stereocenters. The molecular weight excluding hydrogens is 413 g/mol. The Bertz CT molecular complexity index is 570. The summed E-state index contributed by atoms with van der Waals surface area (Å²) >= 11 is 2.97. The summed E-state index contributed by atoms with van der Waals surface area (Å²) in [6.07, 6.45) is 6.99. The normalized spacial score (nSPS) is 16.7. The number of nitrogens with zero attached hydrogens (tertiary/aromatic N) is 1. The Balaban J connectivity index is 0.000000309. The number of benzene rings is 1. The summed E-state index contributed by atoms with van der Waals surface area (Å²) in [6, 6.07) is 3.03. The summed E-state index contributed by atoms with van der Waals surface area (Å²) in [5, 5.41) is 0. The van der Waals surface area contributed by atoms with Crippen LogP contribution in [0.25, 0.3) is 0 Å². The van der Waals surface area contributed by atoms with Gasteiger partial charge in [0, 0.05) is 18.7 Å². The number of unbranched alkanes of at least 4 members (excludes halogenated alkanes) is 2. The minimum Gasteiger partial charge on any atom is -0.444 e. The van der Waals surface area contributed by atoms with E-state index < -0.39 is 5.82 Å². The van der Waals surface area contributed by atoms with Gasteiger partial charge in [-0.2, -0.15) is 0 Å². The predicted octanol–water partition coefficient (Wildman–Crippen LogP) is 5.72. The number of hydrogen-bond donors (Lipinski definition) is 2. The van der Waals surface area contributed by atoms with Gasteiger partial charge in [-0.1, -0.05) is 26.2 Å². The monoisotopic (exact) mass is 445 g/mol. The van der Waals surface area contributed by atoms with E-state index in [1.54, 1.807) is 0 Å². The van der Waals surface area contributed by atoms with Crippen LogP contribution in [0.5, 0.6) is 0 Å². The van der Waals surface area contributed by atoms with Crippen molar-refractivity contribution in [3.05, 3.63) is 22.4 Å². The number of nitrogen functional groups attached to an aromatic ring is 2. The molecule has 1 aliphatic heterocycles. The van der Waals surface area contributed by atoms with Gasteiger partial charge in [-0.25, -0.2) is 9.18 Å². The molecule has 7 heteroatoms. The summed E-state index contributed by atoms with van der Waals surface area (Å²) in [7, 11) is 0. The SMILES string of the molecule is CCCCC[C@H]1CCCN1C(=O)OC(C)(C)C.Nc1cc(F)c(Br)cc1N. The minimum absolute atomic E-state index is 0.128. The molecular formula is C20H33BrFN3O2. The summed E-state index contributed by atoms with van der Waals surface area (Å²) in [6.45, 7) is 8.85.